The maximum absolute atomic E-state index is 11.6. The summed E-state index contributed by atoms with van der Waals surface area (Å²) in [5.41, 5.74) is 5.41. The first-order valence-corrected chi connectivity index (χ1v) is 5.69. The van der Waals surface area contributed by atoms with Crippen LogP contribution in [0.15, 0.2) is 6.20 Å². The maximum atomic E-state index is 11.6. The van der Waals surface area contributed by atoms with E-state index >= 15 is 0 Å². The van der Waals surface area contributed by atoms with Gasteiger partial charge in [-0.1, -0.05) is 24.5 Å². The van der Waals surface area contributed by atoms with Crippen molar-refractivity contribution in [3.05, 3.63) is 6.20 Å². The second kappa shape index (κ2) is 4.96. The van der Waals surface area contributed by atoms with Gasteiger partial charge in [-0.25, -0.2) is 4.68 Å². The van der Waals surface area contributed by atoms with Gasteiger partial charge in [0.15, 0.2) is 5.82 Å². The summed E-state index contributed by atoms with van der Waals surface area (Å²) in [6.07, 6.45) is 7.44. The normalized spacial score (nSPS) is 17.2. The zero-order valence-electron chi connectivity index (χ0n) is 9.22. The lowest BCUT2D eigenvalue weighted by molar-refractivity contribution is -0.122. The minimum atomic E-state index is -0.0169. The van der Waals surface area contributed by atoms with Crippen molar-refractivity contribution in [2.24, 2.45) is 0 Å². The van der Waals surface area contributed by atoms with Crippen LogP contribution in [0.1, 0.15) is 32.1 Å². The van der Waals surface area contributed by atoms with Crippen LogP contribution in [0.4, 0.5) is 5.82 Å². The predicted molar refractivity (Wildman–Crippen MR) is 59.5 cm³/mol. The molecular formula is C10H17N5O. The van der Waals surface area contributed by atoms with Crippen LogP contribution in [-0.4, -0.2) is 26.9 Å². The zero-order valence-corrected chi connectivity index (χ0v) is 9.22. The van der Waals surface area contributed by atoms with E-state index in [1.165, 1.54) is 23.9 Å². The standard InChI is InChI=1S/C10H17N5O/c11-9-6-15(14-13-9)7-10(16)12-8-4-2-1-3-5-8/h6,8H,1-5,7,11H2,(H,12,16). The van der Waals surface area contributed by atoms with Crippen molar-refractivity contribution >= 4 is 11.7 Å². The van der Waals surface area contributed by atoms with E-state index < -0.39 is 0 Å². The molecule has 88 valence electrons. The molecule has 0 unspecified atom stereocenters. The van der Waals surface area contributed by atoms with Crippen molar-refractivity contribution in [1.82, 2.24) is 20.3 Å². The van der Waals surface area contributed by atoms with Crippen LogP contribution >= 0.6 is 0 Å². The highest BCUT2D eigenvalue weighted by Gasteiger charge is 2.15. The van der Waals surface area contributed by atoms with E-state index in [-0.39, 0.29) is 12.5 Å². The van der Waals surface area contributed by atoms with Crippen molar-refractivity contribution in [1.29, 1.82) is 0 Å². The summed E-state index contributed by atoms with van der Waals surface area (Å²) < 4.78 is 1.45. The Balaban J connectivity index is 1.79. The highest BCUT2D eigenvalue weighted by Crippen LogP contribution is 2.17. The zero-order chi connectivity index (χ0) is 11.4. The Morgan fingerprint density at radius 3 is 2.88 bits per heavy atom. The number of nitrogens with two attached hydrogens (primary N) is 1. The number of carbonyl (C=O) groups excluding carboxylic acids is 1. The van der Waals surface area contributed by atoms with Gasteiger partial charge in [-0.3, -0.25) is 4.79 Å². The highest BCUT2D eigenvalue weighted by molar-refractivity contribution is 5.75. The molecule has 0 aromatic carbocycles. The third-order valence-electron chi connectivity index (χ3n) is 2.83. The van der Waals surface area contributed by atoms with E-state index in [0.717, 1.165) is 12.8 Å². The quantitative estimate of drug-likeness (QED) is 0.772. The Kier molecular flexibility index (Phi) is 3.38. The van der Waals surface area contributed by atoms with E-state index in [4.69, 9.17) is 5.73 Å². The molecule has 0 atom stereocenters. The molecule has 1 aromatic rings. The first-order valence-electron chi connectivity index (χ1n) is 5.69. The van der Waals surface area contributed by atoms with Crippen molar-refractivity contribution in [2.45, 2.75) is 44.7 Å². The van der Waals surface area contributed by atoms with Gasteiger partial charge in [-0.05, 0) is 12.8 Å². The van der Waals surface area contributed by atoms with Gasteiger partial charge in [0.05, 0.1) is 6.20 Å². The molecule has 2 rings (SSSR count). The molecule has 6 heteroatoms. The van der Waals surface area contributed by atoms with Crippen molar-refractivity contribution in [2.75, 3.05) is 5.73 Å². The highest BCUT2D eigenvalue weighted by atomic mass is 16.2. The summed E-state index contributed by atoms with van der Waals surface area (Å²) >= 11 is 0. The number of anilines is 1. The molecular weight excluding hydrogens is 206 g/mol. The molecule has 1 amide bonds. The number of aromatic nitrogens is 3. The first kappa shape index (κ1) is 10.9. The van der Waals surface area contributed by atoms with Crippen molar-refractivity contribution in [3.8, 4) is 0 Å². The first-order chi connectivity index (χ1) is 7.74. The van der Waals surface area contributed by atoms with Crippen LogP contribution in [0, 0.1) is 0 Å². The summed E-state index contributed by atoms with van der Waals surface area (Å²) in [5.74, 6) is 0.322. The van der Waals surface area contributed by atoms with Gasteiger partial charge in [0.25, 0.3) is 0 Å². The van der Waals surface area contributed by atoms with E-state index in [9.17, 15) is 4.79 Å². The minimum Gasteiger partial charge on any atom is -0.381 e. The molecule has 6 nitrogen and oxygen atoms in total. The molecule has 1 aliphatic carbocycles. The molecule has 16 heavy (non-hydrogen) atoms. The molecule has 0 spiro atoms. The summed E-state index contributed by atoms with van der Waals surface area (Å²) in [6, 6.07) is 0.335. The fourth-order valence-corrected chi connectivity index (χ4v) is 2.06. The predicted octanol–water partition coefficient (Wildman–Crippen LogP) is 0.309. The second-order valence-electron chi connectivity index (χ2n) is 4.24. The van der Waals surface area contributed by atoms with Crippen molar-refractivity contribution < 1.29 is 4.79 Å². The largest absolute Gasteiger partial charge is 0.381 e. The fourth-order valence-electron chi connectivity index (χ4n) is 2.06. The second-order valence-corrected chi connectivity index (χ2v) is 4.24. The summed E-state index contributed by atoms with van der Waals surface area (Å²) in [4.78, 5) is 11.6. The smallest absolute Gasteiger partial charge is 0.242 e. The molecule has 1 aliphatic rings. The molecule has 0 aliphatic heterocycles. The van der Waals surface area contributed by atoms with Crippen LogP contribution in [0.25, 0.3) is 0 Å². The molecule has 0 bridgehead atoms. The molecule has 1 saturated carbocycles. The van der Waals surface area contributed by atoms with E-state index in [1.54, 1.807) is 6.20 Å². The Labute approximate surface area is 94.2 Å². The van der Waals surface area contributed by atoms with E-state index in [2.05, 4.69) is 15.6 Å². The number of nitrogens with zero attached hydrogens (tertiary/aromatic N) is 3. The van der Waals surface area contributed by atoms with Gasteiger partial charge in [0.2, 0.25) is 5.91 Å². The fraction of sp³-hybridized carbons (Fsp3) is 0.700. The topological polar surface area (TPSA) is 85.8 Å². The van der Waals surface area contributed by atoms with Gasteiger partial charge in [-0.15, -0.1) is 5.10 Å². The van der Waals surface area contributed by atoms with Crippen LogP contribution < -0.4 is 11.1 Å². The minimum absolute atomic E-state index is 0.0169. The van der Waals surface area contributed by atoms with Gasteiger partial charge in [-0.2, -0.15) is 0 Å². The van der Waals surface area contributed by atoms with Crippen LogP contribution in [-0.2, 0) is 11.3 Å². The molecule has 1 aromatic heterocycles. The molecule has 1 heterocycles. The van der Waals surface area contributed by atoms with Crippen LogP contribution in [0.3, 0.4) is 0 Å². The summed E-state index contributed by atoms with van der Waals surface area (Å²) in [7, 11) is 0. The number of rotatable bonds is 3. The lowest BCUT2D eigenvalue weighted by Gasteiger charge is -2.22. The Bertz CT molecular complexity index is 356. The third-order valence-corrected chi connectivity index (χ3v) is 2.83. The Morgan fingerprint density at radius 1 is 1.50 bits per heavy atom. The van der Waals surface area contributed by atoms with E-state index in [0.29, 0.717) is 11.9 Å². The van der Waals surface area contributed by atoms with Crippen LogP contribution in [0.5, 0.6) is 0 Å². The summed E-state index contributed by atoms with van der Waals surface area (Å²) in [6.45, 7) is 0.195. The molecule has 0 radical (unpaired) electrons. The van der Waals surface area contributed by atoms with Crippen molar-refractivity contribution in [3.63, 3.8) is 0 Å². The average molecular weight is 223 g/mol. The number of nitrogens with one attached hydrogen (secondary N) is 1. The number of hydrogen-bond donors (Lipinski definition) is 2. The SMILES string of the molecule is Nc1cn(CC(=O)NC2CCCCC2)nn1. The number of carbonyl (C=O) groups is 1. The number of nitrogen functional groups attached to an aromatic ring is 1. The number of amides is 1. The van der Waals surface area contributed by atoms with Gasteiger partial charge >= 0.3 is 0 Å². The Morgan fingerprint density at radius 2 is 2.25 bits per heavy atom. The molecule has 3 N–H and O–H groups in total. The lowest BCUT2D eigenvalue weighted by Crippen LogP contribution is -2.38. The Hall–Kier alpha value is -1.59. The lowest BCUT2D eigenvalue weighted by atomic mass is 9.95. The van der Waals surface area contributed by atoms with Crippen LogP contribution in [0.2, 0.25) is 0 Å². The van der Waals surface area contributed by atoms with E-state index in [1.807, 2.05) is 0 Å². The summed E-state index contributed by atoms with van der Waals surface area (Å²) in [5, 5.41) is 10.4. The average Bonchev–Trinajstić information content (AvgIpc) is 2.65. The van der Waals surface area contributed by atoms with Gasteiger partial charge < -0.3 is 11.1 Å². The molecule has 1 fully saturated rings. The number of hydrogen-bond acceptors (Lipinski definition) is 4. The van der Waals surface area contributed by atoms with Gasteiger partial charge in [0, 0.05) is 6.04 Å². The molecule has 0 saturated heterocycles. The maximum Gasteiger partial charge on any atom is 0.242 e. The van der Waals surface area contributed by atoms with Gasteiger partial charge in [0.1, 0.15) is 6.54 Å². The monoisotopic (exact) mass is 223 g/mol. The third kappa shape index (κ3) is 2.95.